The summed E-state index contributed by atoms with van der Waals surface area (Å²) in [6.45, 7) is 20.9. The maximum atomic E-state index is 7.03. The van der Waals surface area contributed by atoms with Gasteiger partial charge in [0.15, 0.2) is 25.0 Å². The van der Waals surface area contributed by atoms with Crippen LogP contribution in [-0.2, 0) is 51.9 Å². The van der Waals surface area contributed by atoms with Crippen molar-refractivity contribution in [1.29, 1.82) is 0 Å². The normalized spacial score (nSPS) is 16.2. The van der Waals surface area contributed by atoms with E-state index in [0.29, 0.717) is 17.0 Å². The molecule has 0 saturated heterocycles. The largest absolute Gasteiger partial charge is 0.499 e. The Bertz CT molecular complexity index is 763. The molecule has 0 aromatic rings. The molecule has 0 heterocycles. The van der Waals surface area contributed by atoms with Gasteiger partial charge >= 0.3 is 43.5 Å². The Morgan fingerprint density at radius 1 is 0.341 bits per heavy atom. The molecule has 248 valence electrons. The zero-order valence-corrected chi connectivity index (χ0v) is 37.0. The first-order valence-electron chi connectivity index (χ1n) is 13.7. The van der Waals surface area contributed by atoms with E-state index in [4.69, 9.17) is 51.9 Å². The molecule has 1 atom stereocenters. The lowest BCUT2D eigenvalue weighted by Gasteiger charge is -2.46. The summed E-state index contributed by atoms with van der Waals surface area (Å²) < 4.78 is 73.9. The van der Waals surface area contributed by atoms with Gasteiger partial charge in [-0.3, -0.25) is 0 Å². The van der Waals surface area contributed by atoms with Crippen LogP contribution >= 0.6 is 0 Å². The highest BCUT2D eigenvalue weighted by molar-refractivity contribution is 6.97. The molecule has 0 aliphatic carbocycles. The standard InChI is InChI=1S/C21H60O12Si8/c1-22-38(17,23-2)19-34(9,10)31-39(18,32-36(13,14)21-41(27-6,28-7)29-8)33-37(15,16)30-35(11,12)20-40(24-3,25-4)26-5/h19-21H2,1-18H3. The van der Waals surface area contributed by atoms with Crippen LogP contribution in [0.15, 0.2) is 0 Å². The van der Waals surface area contributed by atoms with E-state index in [9.17, 15) is 0 Å². The number of hydrogen-bond donors (Lipinski definition) is 0. The second-order valence-electron chi connectivity index (χ2n) is 12.6. The lowest BCUT2D eigenvalue weighted by Crippen LogP contribution is -2.65. The molecule has 0 rings (SSSR count). The van der Waals surface area contributed by atoms with E-state index in [-0.39, 0.29) is 0 Å². The first-order valence-corrected chi connectivity index (χ1v) is 34.4. The average Bonchev–Trinajstić information content (AvgIpc) is 2.83. The Labute approximate surface area is 258 Å². The lowest BCUT2D eigenvalue weighted by molar-refractivity contribution is 0.127. The van der Waals surface area contributed by atoms with E-state index in [1.54, 1.807) is 56.9 Å². The summed E-state index contributed by atoms with van der Waals surface area (Å²) >= 11 is 0. The predicted molar refractivity (Wildman–Crippen MR) is 180 cm³/mol. The van der Waals surface area contributed by atoms with Gasteiger partial charge in [0.05, 0.1) is 0 Å². The predicted octanol–water partition coefficient (Wildman–Crippen LogP) is 4.68. The first kappa shape index (κ1) is 42.3. The number of hydrogen-bond acceptors (Lipinski definition) is 12. The highest BCUT2D eigenvalue weighted by Crippen LogP contribution is 2.34. The lowest BCUT2D eigenvalue weighted by atomic mass is 11.8. The van der Waals surface area contributed by atoms with Crippen LogP contribution < -0.4 is 0 Å². The molecule has 0 amide bonds. The zero-order valence-electron chi connectivity index (χ0n) is 29.0. The minimum atomic E-state index is -3.34. The SMILES string of the molecule is CO[Si](C)(C[Si](C)(C)O[Si](C)(O[Si](C)(C)C[Si](OC)(OC)OC)O[Si](C)(C)O[Si](C)(C)C[Si](OC)(OC)OC)OC. The Kier molecular flexibility index (Phi) is 16.7. The van der Waals surface area contributed by atoms with Gasteiger partial charge in [-0.15, -0.1) is 0 Å². The van der Waals surface area contributed by atoms with Crippen LogP contribution in [0.25, 0.3) is 0 Å². The van der Waals surface area contributed by atoms with Crippen LogP contribution in [0, 0.1) is 0 Å². The maximum Gasteiger partial charge on any atom is 0.499 e. The molecule has 0 N–H and O–H groups in total. The topological polar surface area (TPSA) is 111 Å². The molecule has 0 aromatic heterocycles. The summed E-state index contributed by atoms with van der Waals surface area (Å²) in [5.41, 5.74) is 1.83. The van der Waals surface area contributed by atoms with E-state index in [1.807, 2.05) is 26.2 Å². The molecule has 20 heteroatoms. The Hall–Kier alpha value is 1.26. The quantitative estimate of drug-likeness (QED) is 0.145. The van der Waals surface area contributed by atoms with Gasteiger partial charge in [-0.1, -0.05) is 0 Å². The van der Waals surface area contributed by atoms with Crippen molar-refractivity contribution in [2.24, 2.45) is 0 Å². The van der Waals surface area contributed by atoms with Crippen molar-refractivity contribution in [3.63, 3.8) is 0 Å². The van der Waals surface area contributed by atoms with Crippen LogP contribution in [-0.4, -0.2) is 125 Å². The summed E-state index contributed by atoms with van der Waals surface area (Å²) in [7, 11) is -8.62. The van der Waals surface area contributed by atoms with E-state index in [0.717, 1.165) is 0 Å². The molecule has 0 aliphatic heterocycles. The summed E-state index contributed by atoms with van der Waals surface area (Å²) in [5.74, 6) is 0. The van der Waals surface area contributed by atoms with E-state index in [2.05, 4.69) is 39.3 Å². The molecule has 0 saturated carbocycles. The fourth-order valence-corrected chi connectivity index (χ4v) is 47.5. The summed E-state index contributed by atoms with van der Waals surface area (Å²) in [6.07, 6.45) is 0. The third-order valence-electron chi connectivity index (χ3n) is 6.64. The van der Waals surface area contributed by atoms with E-state index >= 15 is 0 Å². The highest BCUT2D eigenvalue weighted by atomic mass is 28.5. The molecule has 0 aromatic carbocycles. The molecule has 41 heavy (non-hydrogen) atoms. The smallest absolute Gasteiger partial charge is 0.436 e. The van der Waals surface area contributed by atoms with Gasteiger partial charge in [0, 0.05) is 80.4 Å². The third kappa shape index (κ3) is 14.1. The monoisotopic (exact) mass is 728 g/mol. The van der Waals surface area contributed by atoms with Gasteiger partial charge in [0.2, 0.25) is 0 Å². The third-order valence-corrected chi connectivity index (χ3v) is 43.4. The van der Waals surface area contributed by atoms with Crippen molar-refractivity contribution in [1.82, 2.24) is 0 Å². The van der Waals surface area contributed by atoms with Gasteiger partial charge in [-0.2, -0.15) is 0 Å². The molecule has 0 spiro atoms. The molecule has 0 aliphatic rings. The van der Waals surface area contributed by atoms with Crippen molar-refractivity contribution >= 4 is 68.5 Å². The van der Waals surface area contributed by atoms with Crippen molar-refractivity contribution in [2.45, 2.75) is 82.5 Å². The first-order chi connectivity index (χ1) is 18.4. The van der Waals surface area contributed by atoms with Gasteiger partial charge in [-0.25, -0.2) is 0 Å². The van der Waals surface area contributed by atoms with Gasteiger partial charge < -0.3 is 51.9 Å². The van der Waals surface area contributed by atoms with Crippen LogP contribution in [0.1, 0.15) is 0 Å². The van der Waals surface area contributed by atoms with Crippen molar-refractivity contribution in [3.8, 4) is 0 Å². The minimum absolute atomic E-state index is 0.538. The average molecular weight is 729 g/mol. The molecule has 0 fully saturated rings. The van der Waals surface area contributed by atoms with Crippen LogP contribution in [0.5, 0.6) is 0 Å². The zero-order chi connectivity index (χ0) is 32.6. The minimum Gasteiger partial charge on any atom is -0.436 e. The molecule has 0 bridgehead atoms. The van der Waals surface area contributed by atoms with Gasteiger partial charge in [-0.05, 0) is 58.9 Å². The fourth-order valence-electron chi connectivity index (χ4n) is 5.28. The van der Waals surface area contributed by atoms with E-state index in [1.165, 1.54) is 0 Å². The molecular formula is C21H60O12Si8. The van der Waals surface area contributed by atoms with Crippen LogP contribution in [0.4, 0.5) is 0 Å². The molecular weight excluding hydrogens is 669 g/mol. The summed E-state index contributed by atoms with van der Waals surface area (Å²) in [5, 5.41) is 0. The van der Waals surface area contributed by atoms with Gasteiger partial charge in [0.1, 0.15) is 0 Å². The number of rotatable bonds is 22. The van der Waals surface area contributed by atoms with E-state index < -0.39 is 68.5 Å². The van der Waals surface area contributed by atoms with Crippen molar-refractivity contribution < 1.29 is 51.9 Å². The van der Waals surface area contributed by atoms with Crippen molar-refractivity contribution in [3.05, 3.63) is 0 Å². The Balaban J connectivity index is 6.43. The molecule has 12 nitrogen and oxygen atoms in total. The maximum absolute atomic E-state index is 7.03. The summed E-state index contributed by atoms with van der Waals surface area (Å²) in [6, 6.07) is 0. The van der Waals surface area contributed by atoms with Gasteiger partial charge in [0.25, 0.3) is 0 Å². The second kappa shape index (κ2) is 16.2. The molecule has 0 radical (unpaired) electrons. The fraction of sp³-hybridized carbons (Fsp3) is 1.00. The Morgan fingerprint density at radius 3 is 0.927 bits per heavy atom. The van der Waals surface area contributed by atoms with Crippen LogP contribution in [0.2, 0.25) is 82.5 Å². The molecule has 1 unspecified atom stereocenters. The van der Waals surface area contributed by atoms with Crippen molar-refractivity contribution in [2.75, 3.05) is 56.9 Å². The Morgan fingerprint density at radius 2 is 0.634 bits per heavy atom. The van der Waals surface area contributed by atoms with Crippen LogP contribution in [0.3, 0.4) is 0 Å². The highest BCUT2D eigenvalue weighted by Gasteiger charge is 2.56. The second-order valence-corrected chi connectivity index (χ2v) is 43.5. The summed E-state index contributed by atoms with van der Waals surface area (Å²) in [4.78, 5) is 0.